The fraction of sp³-hybridized carbons (Fsp3) is 0. The van der Waals surface area contributed by atoms with Crippen molar-refractivity contribution in [3.05, 3.63) is 194 Å². The van der Waals surface area contributed by atoms with Crippen molar-refractivity contribution in [2.75, 3.05) is 0 Å². The lowest BCUT2D eigenvalue weighted by Gasteiger charge is -2.13. The van der Waals surface area contributed by atoms with Crippen LogP contribution in [0.1, 0.15) is 0 Å². The number of rotatable bonds is 4. The molecule has 0 amide bonds. The van der Waals surface area contributed by atoms with E-state index in [1.165, 1.54) is 93.1 Å². The topological polar surface area (TPSA) is 9.86 Å². The van der Waals surface area contributed by atoms with Crippen LogP contribution in [0.3, 0.4) is 0 Å². The third-order valence-corrected chi connectivity index (χ3v) is 10.9. The standard InChI is InChI=1S/C50H32N2/c1-2-13-37(14-3-1)51-47-20-10-8-18-42(47)44-28-24-34(31-49(44)51)35-25-29-45-43-19-9-11-21-48(43)52(50(45)32-35)38-26-22-33(23-27-38)46-30-36-12-4-5-15-39(36)40-16-6-7-17-41(40)46/h1-32H. The zero-order valence-electron chi connectivity index (χ0n) is 28.4. The smallest absolute Gasteiger partial charge is 0.0547 e. The number of nitrogens with zero attached hydrogens (tertiary/aromatic N) is 2. The molecule has 0 aliphatic carbocycles. The first-order valence-corrected chi connectivity index (χ1v) is 17.9. The summed E-state index contributed by atoms with van der Waals surface area (Å²) in [7, 11) is 0. The van der Waals surface area contributed by atoms with E-state index in [2.05, 4.69) is 203 Å². The van der Waals surface area contributed by atoms with Crippen LogP contribution in [0.15, 0.2) is 194 Å². The van der Waals surface area contributed by atoms with E-state index in [1.54, 1.807) is 0 Å². The van der Waals surface area contributed by atoms with E-state index in [4.69, 9.17) is 0 Å². The van der Waals surface area contributed by atoms with Gasteiger partial charge in [0.2, 0.25) is 0 Å². The van der Waals surface area contributed by atoms with Crippen LogP contribution in [0.2, 0.25) is 0 Å². The van der Waals surface area contributed by atoms with Crippen molar-refractivity contribution in [1.29, 1.82) is 0 Å². The SMILES string of the molecule is c1ccc(-n2c3ccccc3c3ccc(-c4ccc5c6ccccc6n(-c6ccc(-c7cc8ccccc8c8ccccc78)cc6)c5c4)cc32)cc1. The molecular weight excluding hydrogens is 629 g/mol. The second-order valence-electron chi connectivity index (χ2n) is 13.7. The number of hydrogen-bond acceptors (Lipinski definition) is 0. The summed E-state index contributed by atoms with van der Waals surface area (Å²) in [5.41, 5.74) is 12.0. The van der Waals surface area contributed by atoms with E-state index in [-0.39, 0.29) is 0 Å². The molecule has 2 aromatic heterocycles. The van der Waals surface area contributed by atoms with Gasteiger partial charge >= 0.3 is 0 Å². The third kappa shape index (κ3) is 4.31. The first-order valence-electron chi connectivity index (χ1n) is 17.9. The second-order valence-corrected chi connectivity index (χ2v) is 13.7. The van der Waals surface area contributed by atoms with Crippen molar-refractivity contribution in [1.82, 2.24) is 9.13 Å². The summed E-state index contributed by atoms with van der Waals surface area (Å²) in [4.78, 5) is 0. The molecule has 0 bridgehead atoms. The maximum absolute atomic E-state index is 2.43. The molecule has 9 aromatic carbocycles. The average molecular weight is 661 g/mol. The molecule has 0 fully saturated rings. The summed E-state index contributed by atoms with van der Waals surface area (Å²) >= 11 is 0. The molecule has 2 heterocycles. The van der Waals surface area contributed by atoms with Crippen molar-refractivity contribution >= 4 is 65.2 Å². The van der Waals surface area contributed by atoms with Gasteiger partial charge < -0.3 is 9.13 Å². The summed E-state index contributed by atoms with van der Waals surface area (Å²) in [6.45, 7) is 0. The lowest BCUT2D eigenvalue weighted by molar-refractivity contribution is 1.18. The Bertz CT molecular complexity index is 3160. The summed E-state index contributed by atoms with van der Waals surface area (Å²) in [5.74, 6) is 0. The largest absolute Gasteiger partial charge is 0.309 e. The van der Waals surface area contributed by atoms with Crippen molar-refractivity contribution in [2.24, 2.45) is 0 Å². The van der Waals surface area contributed by atoms with E-state index in [0.29, 0.717) is 0 Å². The maximum atomic E-state index is 2.43. The van der Waals surface area contributed by atoms with Gasteiger partial charge in [0.1, 0.15) is 0 Å². The highest BCUT2D eigenvalue weighted by atomic mass is 15.0. The molecule has 0 N–H and O–H groups in total. The highest BCUT2D eigenvalue weighted by Crippen LogP contribution is 2.39. The molecule has 11 aromatic rings. The normalized spacial score (nSPS) is 11.8. The van der Waals surface area contributed by atoms with Crippen molar-refractivity contribution in [2.45, 2.75) is 0 Å². The first kappa shape index (κ1) is 28.9. The van der Waals surface area contributed by atoms with Gasteiger partial charge in [-0.2, -0.15) is 0 Å². The van der Waals surface area contributed by atoms with Gasteiger partial charge in [-0.15, -0.1) is 0 Å². The molecule has 11 rings (SSSR count). The van der Waals surface area contributed by atoms with Crippen LogP contribution < -0.4 is 0 Å². The van der Waals surface area contributed by atoms with Crippen LogP contribution in [-0.4, -0.2) is 9.13 Å². The number of hydrogen-bond donors (Lipinski definition) is 0. The minimum Gasteiger partial charge on any atom is -0.309 e. The Balaban J connectivity index is 1.08. The molecule has 52 heavy (non-hydrogen) atoms. The van der Waals surface area contributed by atoms with Crippen LogP contribution in [0.5, 0.6) is 0 Å². The minimum atomic E-state index is 1.15. The van der Waals surface area contributed by atoms with E-state index in [0.717, 1.165) is 5.69 Å². The van der Waals surface area contributed by atoms with Crippen LogP contribution in [0, 0.1) is 0 Å². The van der Waals surface area contributed by atoms with Gasteiger partial charge in [0.25, 0.3) is 0 Å². The molecule has 242 valence electrons. The summed E-state index contributed by atoms with van der Waals surface area (Å²) < 4.78 is 4.82. The zero-order chi connectivity index (χ0) is 34.2. The second kappa shape index (κ2) is 11.3. The molecule has 0 saturated heterocycles. The zero-order valence-corrected chi connectivity index (χ0v) is 28.4. The van der Waals surface area contributed by atoms with Crippen molar-refractivity contribution in [3.63, 3.8) is 0 Å². The lowest BCUT2D eigenvalue weighted by atomic mass is 9.93. The average Bonchev–Trinajstić information content (AvgIpc) is 3.73. The maximum Gasteiger partial charge on any atom is 0.0547 e. The lowest BCUT2D eigenvalue weighted by Crippen LogP contribution is -1.95. The number of fused-ring (bicyclic) bond motifs is 9. The van der Waals surface area contributed by atoms with Gasteiger partial charge in [-0.05, 0) is 98.4 Å². The molecule has 0 atom stereocenters. The Hall–Kier alpha value is -6.90. The minimum absolute atomic E-state index is 1.15. The predicted octanol–water partition coefficient (Wildman–Crippen LogP) is 13.5. The fourth-order valence-corrected chi connectivity index (χ4v) is 8.52. The highest BCUT2D eigenvalue weighted by molar-refractivity contribution is 6.14. The Kier molecular flexibility index (Phi) is 6.28. The molecule has 0 radical (unpaired) electrons. The Morgan fingerprint density at radius 2 is 0.692 bits per heavy atom. The molecule has 0 unspecified atom stereocenters. The molecule has 0 spiro atoms. The van der Waals surface area contributed by atoms with E-state index >= 15 is 0 Å². The summed E-state index contributed by atoms with van der Waals surface area (Å²) in [6, 6.07) is 71.0. The van der Waals surface area contributed by atoms with Crippen LogP contribution in [0.25, 0.3) is 98.8 Å². The number of para-hydroxylation sites is 3. The van der Waals surface area contributed by atoms with Gasteiger partial charge in [-0.3, -0.25) is 0 Å². The third-order valence-electron chi connectivity index (χ3n) is 10.9. The van der Waals surface area contributed by atoms with Gasteiger partial charge in [0.05, 0.1) is 22.1 Å². The van der Waals surface area contributed by atoms with Crippen LogP contribution in [0.4, 0.5) is 0 Å². The summed E-state index contributed by atoms with van der Waals surface area (Å²) in [6.07, 6.45) is 0. The van der Waals surface area contributed by atoms with E-state index in [1.807, 2.05) is 0 Å². The van der Waals surface area contributed by atoms with Gasteiger partial charge in [-0.1, -0.05) is 140 Å². The molecule has 2 nitrogen and oxygen atoms in total. The van der Waals surface area contributed by atoms with Crippen molar-refractivity contribution in [3.8, 4) is 33.6 Å². The Morgan fingerprint density at radius 3 is 1.31 bits per heavy atom. The van der Waals surface area contributed by atoms with E-state index < -0.39 is 0 Å². The molecule has 0 saturated carbocycles. The van der Waals surface area contributed by atoms with E-state index in [9.17, 15) is 0 Å². The highest BCUT2D eigenvalue weighted by Gasteiger charge is 2.17. The molecule has 0 aliphatic heterocycles. The summed E-state index contributed by atoms with van der Waals surface area (Å²) in [5, 5.41) is 10.2. The first-order chi connectivity index (χ1) is 25.8. The molecule has 2 heteroatoms. The van der Waals surface area contributed by atoms with Crippen LogP contribution >= 0.6 is 0 Å². The predicted molar refractivity (Wildman–Crippen MR) is 221 cm³/mol. The van der Waals surface area contributed by atoms with Crippen molar-refractivity contribution < 1.29 is 0 Å². The van der Waals surface area contributed by atoms with Gasteiger partial charge in [0, 0.05) is 32.9 Å². The number of benzene rings is 9. The monoisotopic (exact) mass is 660 g/mol. The Labute approximate surface area is 301 Å². The van der Waals surface area contributed by atoms with Crippen LogP contribution in [-0.2, 0) is 0 Å². The molecular formula is C50H32N2. The van der Waals surface area contributed by atoms with Gasteiger partial charge in [-0.25, -0.2) is 0 Å². The Morgan fingerprint density at radius 1 is 0.250 bits per heavy atom. The van der Waals surface area contributed by atoms with Gasteiger partial charge in [0.15, 0.2) is 0 Å². The quantitative estimate of drug-likeness (QED) is 0.166. The fourth-order valence-electron chi connectivity index (χ4n) is 8.52. The number of aromatic nitrogens is 2. The molecule has 0 aliphatic rings.